The van der Waals surface area contributed by atoms with Crippen molar-refractivity contribution in [3.05, 3.63) is 0 Å². The maximum atomic E-state index is 13.2. The van der Waals surface area contributed by atoms with Crippen molar-refractivity contribution in [3.63, 3.8) is 0 Å². The van der Waals surface area contributed by atoms with Crippen LogP contribution in [0.2, 0.25) is 0 Å². The Morgan fingerprint density at radius 2 is 1.87 bits per heavy atom. The Morgan fingerprint density at radius 1 is 1.06 bits per heavy atom. The minimum absolute atomic E-state index is 0.000380. The Kier molecular flexibility index (Phi) is 3.19. The van der Waals surface area contributed by atoms with Gasteiger partial charge < -0.3 is 18.9 Å². The molecule has 4 aliphatic carbocycles. The van der Waals surface area contributed by atoms with Crippen LogP contribution < -0.4 is 0 Å². The molecular weight excluding hydrogens is 400 g/mol. The molecule has 31 heavy (non-hydrogen) atoms. The van der Waals surface area contributed by atoms with Crippen molar-refractivity contribution >= 4 is 17.7 Å². The molecule has 4 saturated carbocycles. The number of Topliss-reactive ketones (excluding diaryl/α,β-unsaturated/α-hetero) is 1. The highest BCUT2D eigenvalue weighted by molar-refractivity contribution is 5.89. The van der Waals surface area contributed by atoms with Gasteiger partial charge in [-0.3, -0.25) is 14.4 Å². The molecule has 0 bridgehead atoms. The van der Waals surface area contributed by atoms with E-state index in [1.807, 2.05) is 0 Å². The molecule has 3 aliphatic heterocycles. The second-order valence-electron chi connectivity index (χ2n) is 11.7. The molecule has 0 radical (unpaired) electrons. The number of ketones is 1. The van der Waals surface area contributed by atoms with Crippen LogP contribution in [0.3, 0.4) is 0 Å². The van der Waals surface area contributed by atoms with Gasteiger partial charge in [-0.25, -0.2) is 0 Å². The lowest BCUT2D eigenvalue weighted by Crippen LogP contribution is -2.68. The normalized spacial score (nSPS) is 60.3. The SMILES string of the molecule is COC(=O)[C@@H]1CC23O[C@@H]2C(=O)CC[C@]3(C)[C@@]23O[C@@H]2C[C@@]2(C)C(CC[C@@]24CCC(=O)O4)C13. The molecular formula is C24H30O7. The summed E-state index contributed by atoms with van der Waals surface area (Å²) in [5.41, 5.74) is -2.00. The first-order valence-corrected chi connectivity index (χ1v) is 11.9. The summed E-state index contributed by atoms with van der Waals surface area (Å²) < 4.78 is 24.2. The highest BCUT2D eigenvalue weighted by Crippen LogP contribution is 2.82. The average molecular weight is 430 g/mol. The predicted octanol–water partition coefficient (Wildman–Crippen LogP) is 2.34. The Morgan fingerprint density at radius 3 is 2.58 bits per heavy atom. The highest BCUT2D eigenvalue weighted by Gasteiger charge is 2.91. The van der Waals surface area contributed by atoms with Crippen molar-refractivity contribution in [1.82, 2.24) is 0 Å². The molecule has 0 aromatic heterocycles. The summed E-state index contributed by atoms with van der Waals surface area (Å²) in [6.07, 6.45) is 5.22. The van der Waals surface area contributed by atoms with Crippen molar-refractivity contribution < 1.29 is 33.3 Å². The van der Waals surface area contributed by atoms with Gasteiger partial charge in [0.05, 0.1) is 19.1 Å². The molecule has 0 amide bonds. The van der Waals surface area contributed by atoms with Crippen LogP contribution in [0.15, 0.2) is 0 Å². The summed E-state index contributed by atoms with van der Waals surface area (Å²) in [6.45, 7) is 4.50. The summed E-state index contributed by atoms with van der Waals surface area (Å²) >= 11 is 0. The lowest BCUT2D eigenvalue weighted by Gasteiger charge is -2.59. The fourth-order valence-electron chi connectivity index (χ4n) is 9.63. The third kappa shape index (κ3) is 1.77. The minimum Gasteiger partial charge on any atom is -0.469 e. The number of fused-ring (bicyclic) bond motifs is 3. The number of hydrogen-bond donors (Lipinski definition) is 0. The van der Waals surface area contributed by atoms with Crippen LogP contribution in [-0.2, 0) is 33.3 Å². The molecule has 7 nitrogen and oxygen atoms in total. The van der Waals surface area contributed by atoms with Crippen LogP contribution in [0.5, 0.6) is 0 Å². The highest BCUT2D eigenvalue weighted by atomic mass is 16.6. The van der Waals surface area contributed by atoms with Crippen LogP contribution >= 0.6 is 0 Å². The first kappa shape index (κ1) is 19.0. The summed E-state index contributed by atoms with van der Waals surface area (Å²) in [6, 6.07) is 0. The standard InChI is InChI=1S/C24H30O7/c1-20-11-15-24(29-15)17(13(20)4-8-22(20)9-6-16(26)30-22)12(19(27)28-3)10-23-18(31-23)14(25)5-7-21(23,24)2/h12-13,15,17-18H,4-11H2,1-3H3/t12-,13?,15-,17?,18-,20+,21+,22-,23?,24-/m1/s1. The minimum atomic E-state index is -0.601. The molecule has 10 atom stereocenters. The van der Waals surface area contributed by atoms with Gasteiger partial charge in [0.15, 0.2) is 5.78 Å². The van der Waals surface area contributed by atoms with E-state index in [4.69, 9.17) is 18.9 Å². The zero-order valence-corrected chi connectivity index (χ0v) is 18.4. The number of hydrogen-bond acceptors (Lipinski definition) is 7. The molecule has 0 aromatic carbocycles. The van der Waals surface area contributed by atoms with Crippen molar-refractivity contribution in [2.24, 2.45) is 28.6 Å². The number of esters is 2. The number of carbonyl (C=O) groups excluding carboxylic acids is 3. The molecule has 7 rings (SSSR count). The van der Waals surface area contributed by atoms with Crippen LogP contribution in [-0.4, -0.2) is 53.8 Å². The quantitative estimate of drug-likeness (QED) is 0.465. The average Bonchev–Trinajstić information content (AvgIpc) is 3.59. The molecule has 7 heteroatoms. The van der Waals surface area contributed by atoms with Gasteiger partial charge >= 0.3 is 11.9 Å². The van der Waals surface area contributed by atoms with E-state index in [1.54, 1.807) is 0 Å². The van der Waals surface area contributed by atoms with Gasteiger partial charge in [-0.05, 0) is 44.4 Å². The lowest BCUT2D eigenvalue weighted by molar-refractivity contribution is -0.184. The molecule has 7 fully saturated rings. The van der Waals surface area contributed by atoms with E-state index in [0.717, 1.165) is 32.1 Å². The summed E-state index contributed by atoms with van der Waals surface area (Å²) in [5, 5.41) is 0. The largest absolute Gasteiger partial charge is 0.469 e. The fraction of sp³-hybridized carbons (Fsp3) is 0.875. The Hall–Kier alpha value is -1.47. The van der Waals surface area contributed by atoms with E-state index >= 15 is 0 Å². The third-order valence-corrected chi connectivity index (χ3v) is 11.2. The van der Waals surface area contributed by atoms with Gasteiger partial charge in [-0.2, -0.15) is 0 Å². The molecule has 3 saturated heterocycles. The number of epoxide rings is 2. The molecule has 0 N–H and O–H groups in total. The maximum absolute atomic E-state index is 13.2. The van der Waals surface area contributed by atoms with E-state index < -0.39 is 22.9 Å². The van der Waals surface area contributed by atoms with Crippen molar-refractivity contribution in [2.75, 3.05) is 7.11 Å². The number of ether oxygens (including phenoxy) is 4. The zero-order valence-electron chi connectivity index (χ0n) is 18.4. The van der Waals surface area contributed by atoms with Gasteiger partial charge in [0.1, 0.15) is 22.9 Å². The van der Waals surface area contributed by atoms with Gasteiger partial charge in [0, 0.05) is 29.6 Å². The van der Waals surface area contributed by atoms with E-state index in [9.17, 15) is 14.4 Å². The molecule has 0 aromatic rings. The molecule has 7 aliphatic rings. The first-order valence-electron chi connectivity index (χ1n) is 11.9. The predicted molar refractivity (Wildman–Crippen MR) is 105 cm³/mol. The van der Waals surface area contributed by atoms with E-state index in [-0.39, 0.29) is 52.4 Å². The van der Waals surface area contributed by atoms with E-state index in [0.29, 0.717) is 19.3 Å². The van der Waals surface area contributed by atoms with Gasteiger partial charge in [-0.15, -0.1) is 0 Å². The second-order valence-corrected chi connectivity index (χ2v) is 11.7. The molecule has 3 heterocycles. The number of rotatable bonds is 1. The smallest absolute Gasteiger partial charge is 0.309 e. The fourth-order valence-corrected chi connectivity index (χ4v) is 9.63. The molecule has 3 spiro atoms. The topological polar surface area (TPSA) is 94.7 Å². The van der Waals surface area contributed by atoms with Crippen molar-refractivity contribution in [2.45, 2.75) is 94.2 Å². The molecule has 168 valence electrons. The van der Waals surface area contributed by atoms with Crippen LogP contribution in [0.4, 0.5) is 0 Å². The van der Waals surface area contributed by atoms with Crippen molar-refractivity contribution in [3.8, 4) is 0 Å². The Labute approximate surface area is 181 Å². The van der Waals surface area contributed by atoms with Gasteiger partial charge in [0.2, 0.25) is 0 Å². The monoisotopic (exact) mass is 430 g/mol. The summed E-state index contributed by atoms with van der Waals surface area (Å²) in [7, 11) is 1.44. The van der Waals surface area contributed by atoms with Crippen LogP contribution in [0, 0.1) is 28.6 Å². The van der Waals surface area contributed by atoms with E-state index in [1.165, 1.54) is 7.11 Å². The van der Waals surface area contributed by atoms with Gasteiger partial charge in [-0.1, -0.05) is 13.8 Å². The zero-order chi connectivity index (χ0) is 21.6. The van der Waals surface area contributed by atoms with Crippen LogP contribution in [0.25, 0.3) is 0 Å². The first-order chi connectivity index (χ1) is 14.7. The summed E-state index contributed by atoms with van der Waals surface area (Å²) in [4.78, 5) is 37.9. The summed E-state index contributed by atoms with van der Waals surface area (Å²) in [5.74, 6) is -0.325. The maximum Gasteiger partial charge on any atom is 0.309 e. The second kappa shape index (κ2) is 5.19. The Bertz CT molecular complexity index is 946. The number of methoxy groups -OCH3 is 1. The van der Waals surface area contributed by atoms with Gasteiger partial charge in [0.25, 0.3) is 0 Å². The van der Waals surface area contributed by atoms with E-state index in [2.05, 4.69) is 13.8 Å². The van der Waals surface area contributed by atoms with Crippen LogP contribution in [0.1, 0.15) is 65.2 Å². The third-order valence-electron chi connectivity index (χ3n) is 11.2. The Balaban J connectivity index is 1.37. The number of carbonyl (C=O) groups is 3. The lowest BCUT2D eigenvalue weighted by atomic mass is 9.41. The molecule has 3 unspecified atom stereocenters. The van der Waals surface area contributed by atoms with Crippen molar-refractivity contribution in [1.29, 1.82) is 0 Å².